The molecule has 1 aliphatic rings. The number of rotatable bonds is 12. The number of carboxylic acids is 1. The lowest BCUT2D eigenvalue weighted by Gasteiger charge is -2.30. The van der Waals surface area contributed by atoms with E-state index in [9.17, 15) is 18.0 Å². The van der Waals surface area contributed by atoms with Gasteiger partial charge in [0.15, 0.2) is 11.6 Å². The van der Waals surface area contributed by atoms with Crippen LogP contribution in [0.2, 0.25) is 5.02 Å². The lowest BCUT2D eigenvalue weighted by Crippen LogP contribution is -2.39. The number of carbonyl (C=O) groups excluding carboxylic acids is 1. The van der Waals surface area contributed by atoms with E-state index in [1.807, 2.05) is 18.2 Å². The van der Waals surface area contributed by atoms with Crippen molar-refractivity contribution in [2.45, 2.75) is 49.9 Å². The maximum atomic E-state index is 16.0. The molecule has 3 aromatic rings. The van der Waals surface area contributed by atoms with Gasteiger partial charge in [0.25, 0.3) is 0 Å². The van der Waals surface area contributed by atoms with Gasteiger partial charge in [-0.1, -0.05) is 41.9 Å². The predicted octanol–water partition coefficient (Wildman–Crippen LogP) is 5.90. The lowest BCUT2D eigenvalue weighted by atomic mass is 9.86. The zero-order chi connectivity index (χ0) is 34.7. The molecule has 0 radical (unpaired) electrons. The largest absolute Gasteiger partial charge is 0.496 e. The lowest BCUT2D eigenvalue weighted by molar-refractivity contribution is -0.192. The molecular weight excluding hydrogens is 646 g/mol. The molecule has 47 heavy (non-hydrogen) atoms. The third kappa shape index (κ3) is 10.3. The van der Waals surface area contributed by atoms with Crippen LogP contribution in [-0.2, 0) is 9.53 Å². The molecule has 14 heteroatoms. The Balaban J connectivity index is 0.000000771. The molecule has 0 spiro atoms. The first-order chi connectivity index (χ1) is 22.3. The maximum Gasteiger partial charge on any atom is 0.490 e. The molecule has 1 saturated carbocycles. The minimum atomic E-state index is -5.08. The molecule has 256 valence electrons. The summed E-state index contributed by atoms with van der Waals surface area (Å²) in [5.74, 6) is -3.87. The van der Waals surface area contributed by atoms with Gasteiger partial charge in [0.2, 0.25) is 5.91 Å². The summed E-state index contributed by atoms with van der Waals surface area (Å²) >= 11 is 6.72. The van der Waals surface area contributed by atoms with E-state index in [2.05, 4.69) is 17.4 Å². The number of hydrogen-bond donors (Lipinski definition) is 4. The van der Waals surface area contributed by atoms with Gasteiger partial charge in [-0.15, -0.1) is 0 Å². The van der Waals surface area contributed by atoms with Crippen LogP contribution in [0.25, 0.3) is 11.1 Å². The number of amides is 1. The molecule has 1 aliphatic carbocycles. The van der Waals surface area contributed by atoms with Crippen molar-refractivity contribution in [3.05, 3.63) is 82.1 Å². The number of hydrogen-bond acceptors (Lipinski definition) is 7. The fraction of sp³-hybridized carbons (Fsp3) is 0.394. The van der Waals surface area contributed by atoms with Gasteiger partial charge < -0.3 is 36.1 Å². The van der Waals surface area contributed by atoms with E-state index in [1.54, 1.807) is 19.2 Å². The van der Waals surface area contributed by atoms with Gasteiger partial charge in [0, 0.05) is 48.3 Å². The summed E-state index contributed by atoms with van der Waals surface area (Å²) < 4.78 is 64.1. The van der Waals surface area contributed by atoms with Gasteiger partial charge in [-0.2, -0.15) is 13.2 Å². The second kappa shape index (κ2) is 17.3. The number of primary amides is 1. The van der Waals surface area contributed by atoms with Crippen LogP contribution in [0.15, 0.2) is 54.6 Å². The molecule has 1 amide bonds. The summed E-state index contributed by atoms with van der Waals surface area (Å²) in [6.07, 6.45) is -1.09. The molecule has 1 fully saturated rings. The standard InChI is InChI=1S/C31H37ClFN3O4.C2HF3O2/c1-38-14-15-40-27-13-12-22(31(35)37)29(30(27)33)24-16-23(28(39-2)17-26(24)32)25(19-6-4-3-5-7-19)18-36-21-10-8-20(34)9-11-21;3-2(4,5)1(6)7/h3-7,12-13,16-17,20-21,25,36H,8-11,14-15,18,34H2,1-2H3,(H2,35,37);(H,6,7). The molecule has 0 saturated heterocycles. The van der Waals surface area contributed by atoms with E-state index in [0.29, 0.717) is 23.9 Å². The van der Waals surface area contributed by atoms with Crippen LogP contribution >= 0.6 is 11.6 Å². The van der Waals surface area contributed by atoms with Crippen molar-refractivity contribution in [3.8, 4) is 22.6 Å². The van der Waals surface area contributed by atoms with Gasteiger partial charge in [-0.25, -0.2) is 9.18 Å². The van der Waals surface area contributed by atoms with Crippen molar-refractivity contribution in [2.75, 3.05) is 34.0 Å². The highest BCUT2D eigenvalue weighted by Crippen LogP contribution is 2.43. The summed E-state index contributed by atoms with van der Waals surface area (Å²) in [6.45, 7) is 1.03. The molecule has 0 bridgehead atoms. The molecule has 0 aromatic heterocycles. The first kappa shape index (κ1) is 37.5. The van der Waals surface area contributed by atoms with E-state index in [0.717, 1.165) is 36.8 Å². The van der Waals surface area contributed by atoms with E-state index >= 15 is 4.39 Å². The van der Waals surface area contributed by atoms with Crippen molar-refractivity contribution in [1.82, 2.24) is 5.32 Å². The summed E-state index contributed by atoms with van der Waals surface area (Å²) in [4.78, 5) is 21.3. The first-order valence-electron chi connectivity index (χ1n) is 14.7. The Morgan fingerprint density at radius 3 is 2.21 bits per heavy atom. The number of carboxylic acid groups (broad SMARTS) is 1. The number of halogens is 5. The fourth-order valence-electron chi connectivity index (χ4n) is 5.29. The van der Waals surface area contributed by atoms with Crippen LogP contribution in [0.1, 0.15) is 53.1 Å². The zero-order valence-corrected chi connectivity index (χ0v) is 26.7. The third-order valence-electron chi connectivity index (χ3n) is 7.71. The second-order valence-corrected chi connectivity index (χ2v) is 11.3. The summed E-state index contributed by atoms with van der Waals surface area (Å²) in [6, 6.07) is 16.9. The van der Waals surface area contributed by atoms with Crippen molar-refractivity contribution < 1.29 is 46.5 Å². The minimum absolute atomic E-state index is 0.00235. The number of nitrogens with two attached hydrogens (primary N) is 2. The van der Waals surface area contributed by atoms with Gasteiger partial charge in [0.1, 0.15) is 12.4 Å². The Morgan fingerprint density at radius 1 is 1.02 bits per heavy atom. The molecule has 3 aromatic carbocycles. The highest BCUT2D eigenvalue weighted by atomic mass is 35.5. The number of benzene rings is 3. The Bertz CT molecular complexity index is 1500. The molecule has 6 N–H and O–H groups in total. The number of alkyl halides is 3. The third-order valence-corrected chi connectivity index (χ3v) is 8.02. The van der Waals surface area contributed by atoms with Gasteiger partial charge in [-0.05, 0) is 55.5 Å². The van der Waals surface area contributed by atoms with Crippen LogP contribution in [0, 0.1) is 5.82 Å². The smallest absolute Gasteiger partial charge is 0.490 e. The van der Waals surface area contributed by atoms with Crippen LogP contribution in [-0.4, -0.2) is 69.2 Å². The molecule has 4 rings (SSSR count). The highest BCUT2D eigenvalue weighted by Gasteiger charge is 2.38. The predicted molar refractivity (Wildman–Crippen MR) is 169 cm³/mol. The van der Waals surface area contributed by atoms with Crippen LogP contribution in [0.4, 0.5) is 17.6 Å². The highest BCUT2D eigenvalue weighted by molar-refractivity contribution is 6.33. The van der Waals surface area contributed by atoms with Crippen molar-refractivity contribution >= 4 is 23.5 Å². The first-order valence-corrected chi connectivity index (χ1v) is 15.1. The number of aliphatic carboxylic acids is 1. The molecule has 0 heterocycles. The van der Waals surface area contributed by atoms with Gasteiger partial charge in [0.05, 0.1) is 24.3 Å². The van der Waals surface area contributed by atoms with E-state index in [1.165, 1.54) is 19.2 Å². The molecule has 9 nitrogen and oxygen atoms in total. The van der Waals surface area contributed by atoms with Crippen LogP contribution < -0.4 is 26.3 Å². The second-order valence-electron chi connectivity index (χ2n) is 10.9. The molecule has 0 aliphatic heterocycles. The Hall–Kier alpha value is -3.91. The quantitative estimate of drug-likeness (QED) is 0.136. The Labute approximate surface area is 275 Å². The van der Waals surface area contributed by atoms with Gasteiger partial charge >= 0.3 is 12.1 Å². The van der Waals surface area contributed by atoms with E-state index in [4.69, 9.17) is 47.2 Å². The molecule has 1 atom stereocenters. The fourth-order valence-corrected chi connectivity index (χ4v) is 5.53. The number of nitrogens with one attached hydrogen (secondary N) is 1. The van der Waals surface area contributed by atoms with Crippen molar-refractivity contribution in [3.63, 3.8) is 0 Å². The summed E-state index contributed by atoms with van der Waals surface area (Å²) in [7, 11) is 3.10. The zero-order valence-electron chi connectivity index (χ0n) is 25.9. The average Bonchev–Trinajstić information content (AvgIpc) is 3.03. The van der Waals surface area contributed by atoms with Crippen molar-refractivity contribution in [2.24, 2.45) is 11.5 Å². The number of carbonyl (C=O) groups is 2. The number of methoxy groups -OCH3 is 2. The summed E-state index contributed by atoms with van der Waals surface area (Å²) in [5, 5.41) is 11.1. The molecular formula is C33H38ClF4N3O6. The monoisotopic (exact) mass is 683 g/mol. The Morgan fingerprint density at radius 2 is 1.66 bits per heavy atom. The van der Waals surface area contributed by atoms with Gasteiger partial charge in [-0.3, -0.25) is 4.79 Å². The molecule has 1 unspecified atom stereocenters. The van der Waals surface area contributed by atoms with Crippen molar-refractivity contribution in [1.29, 1.82) is 0 Å². The summed E-state index contributed by atoms with van der Waals surface area (Å²) in [5.41, 5.74) is 14.0. The maximum absolute atomic E-state index is 16.0. The number of ether oxygens (including phenoxy) is 3. The van der Waals surface area contributed by atoms with E-state index in [-0.39, 0.29) is 47.1 Å². The minimum Gasteiger partial charge on any atom is -0.496 e. The van der Waals surface area contributed by atoms with E-state index < -0.39 is 23.9 Å². The Kier molecular flexibility index (Phi) is 13.8. The normalized spacial score (nSPS) is 16.9. The van der Waals surface area contributed by atoms with Crippen LogP contribution in [0.3, 0.4) is 0 Å². The topological polar surface area (TPSA) is 146 Å². The van der Waals surface area contributed by atoms with Crippen LogP contribution in [0.5, 0.6) is 11.5 Å². The average molecular weight is 684 g/mol. The SMILES string of the molecule is COCCOc1ccc(C(N)=O)c(-c2cc(C(CNC3CCC(N)CC3)c3ccccc3)c(OC)cc2Cl)c1F.O=C(O)C(F)(F)F.